The van der Waals surface area contributed by atoms with Crippen molar-refractivity contribution >= 4 is 5.78 Å². The third kappa shape index (κ3) is 4.94. The van der Waals surface area contributed by atoms with Crippen molar-refractivity contribution in [1.29, 1.82) is 0 Å². The second-order valence-corrected chi connectivity index (χ2v) is 7.85. The molecule has 0 amide bonds. The van der Waals surface area contributed by atoms with Crippen LogP contribution in [0.4, 0.5) is 0 Å². The first-order valence-corrected chi connectivity index (χ1v) is 10.4. The van der Waals surface area contributed by atoms with E-state index in [9.17, 15) is 4.79 Å². The number of allylic oxidation sites excluding steroid dienone is 1. The molecule has 0 unspecified atom stereocenters. The molecular formula is C24H33N3O3. The summed E-state index contributed by atoms with van der Waals surface area (Å²) in [4.78, 5) is 17.6. The van der Waals surface area contributed by atoms with Gasteiger partial charge in [-0.1, -0.05) is 12.1 Å². The first-order valence-electron chi connectivity index (χ1n) is 10.4. The zero-order valence-corrected chi connectivity index (χ0v) is 18.6. The maximum Gasteiger partial charge on any atom is 0.178 e. The van der Waals surface area contributed by atoms with Crippen molar-refractivity contribution in [1.82, 2.24) is 14.4 Å². The Balaban J connectivity index is 1.54. The molecule has 6 nitrogen and oxygen atoms in total. The maximum atomic E-state index is 12.9. The molecule has 1 aliphatic heterocycles. The number of carbonyl (C=O) groups is 1. The molecule has 1 aromatic carbocycles. The molecule has 3 rings (SSSR count). The molecule has 2 heterocycles. The fourth-order valence-corrected chi connectivity index (χ4v) is 4.12. The fourth-order valence-electron chi connectivity index (χ4n) is 4.12. The van der Waals surface area contributed by atoms with Crippen LogP contribution in [0, 0.1) is 13.8 Å². The highest BCUT2D eigenvalue weighted by Gasteiger charge is 2.22. The van der Waals surface area contributed by atoms with Crippen molar-refractivity contribution in [3.05, 3.63) is 59.4 Å². The summed E-state index contributed by atoms with van der Waals surface area (Å²) in [5.41, 5.74) is 4.17. The number of methoxy groups -OCH3 is 2. The molecule has 0 bridgehead atoms. The lowest BCUT2D eigenvalue weighted by Gasteiger charge is -2.34. The largest absolute Gasteiger partial charge is 0.493 e. The number of piperazine rings is 1. The van der Waals surface area contributed by atoms with Gasteiger partial charge in [-0.25, -0.2) is 0 Å². The van der Waals surface area contributed by atoms with E-state index in [1.54, 1.807) is 14.2 Å². The van der Waals surface area contributed by atoms with Crippen LogP contribution in [0.2, 0.25) is 0 Å². The zero-order valence-electron chi connectivity index (χ0n) is 18.6. The Bertz CT molecular complexity index is 895. The molecule has 0 N–H and O–H groups in total. The fraction of sp³-hybridized carbons (Fsp3) is 0.458. The molecule has 1 aliphatic rings. The van der Waals surface area contributed by atoms with Crippen LogP contribution in [-0.2, 0) is 13.1 Å². The molecule has 162 valence electrons. The van der Waals surface area contributed by atoms with E-state index in [1.807, 2.05) is 38.1 Å². The predicted octanol–water partition coefficient (Wildman–Crippen LogP) is 3.31. The Morgan fingerprint density at radius 2 is 1.70 bits per heavy atom. The molecule has 0 saturated carbocycles. The zero-order chi connectivity index (χ0) is 21.7. The van der Waals surface area contributed by atoms with E-state index in [-0.39, 0.29) is 5.78 Å². The SMILES string of the molecule is C=CCn1c(C)cc(C(=O)CN2CCN(Cc3ccc(OC)c(OC)c3)CC2)c1C. The molecule has 30 heavy (non-hydrogen) atoms. The van der Waals surface area contributed by atoms with Gasteiger partial charge in [0.1, 0.15) is 0 Å². The summed E-state index contributed by atoms with van der Waals surface area (Å²) in [6.07, 6.45) is 1.87. The quantitative estimate of drug-likeness (QED) is 0.468. The lowest BCUT2D eigenvalue weighted by molar-refractivity contribution is 0.0843. The van der Waals surface area contributed by atoms with Crippen LogP contribution < -0.4 is 9.47 Å². The van der Waals surface area contributed by atoms with Gasteiger partial charge >= 0.3 is 0 Å². The highest BCUT2D eigenvalue weighted by molar-refractivity contribution is 5.99. The number of rotatable bonds is 9. The second kappa shape index (κ2) is 9.96. The Hall–Kier alpha value is -2.57. The molecular weight excluding hydrogens is 378 g/mol. The summed E-state index contributed by atoms with van der Waals surface area (Å²) >= 11 is 0. The molecule has 2 aromatic rings. The van der Waals surface area contributed by atoms with Gasteiger partial charge in [-0.05, 0) is 37.6 Å². The highest BCUT2D eigenvalue weighted by Crippen LogP contribution is 2.28. The van der Waals surface area contributed by atoms with Crippen molar-refractivity contribution in [3.8, 4) is 11.5 Å². The number of hydrogen-bond acceptors (Lipinski definition) is 5. The van der Waals surface area contributed by atoms with Gasteiger partial charge in [0, 0.05) is 56.2 Å². The number of aryl methyl sites for hydroxylation is 1. The Morgan fingerprint density at radius 3 is 2.33 bits per heavy atom. The van der Waals surface area contributed by atoms with E-state index in [0.29, 0.717) is 6.54 Å². The third-order valence-electron chi connectivity index (χ3n) is 5.87. The summed E-state index contributed by atoms with van der Waals surface area (Å²) in [7, 11) is 3.31. The Morgan fingerprint density at radius 1 is 1.03 bits per heavy atom. The molecule has 0 spiro atoms. The van der Waals surface area contributed by atoms with Crippen LogP contribution in [0.1, 0.15) is 27.3 Å². The summed E-state index contributed by atoms with van der Waals surface area (Å²) in [5.74, 6) is 1.71. The van der Waals surface area contributed by atoms with Gasteiger partial charge in [-0.15, -0.1) is 6.58 Å². The predicted molar refractivity (Wildman–Crippen MR) is 120 cm³/mol. The molecule has 1 aromatic heterocycles. The van der Waals surface area contributed by atoms with Crippen molar-refractivity contribution in [3.63, 3.8) is 0 Å². The average Bonchev–Trinajstić information content (AvgIpc) is 3.03. The van der Waals surface area contributed by atoms with E-state index in [1.165, 1.54) is 5.56 Å². The number of nitrogens with zero attached hydrogens (tertiary/aromatic N) is 3. The smallest absolute Gasteiger partial charge is 0.178 e. The highest BCUT2D eigenvalue weighted by atomic mass is 16.5. The minimum absolute atomic E-state index is 0.201. The number of benzene rings is 1. The van der Waals surface area contributed by atoms with Crippen LogP contribution >= 0.6 is 0 Å². The van der Waals surface area contributed by atoms with E-state index in [4.69, 9.17) is 9.47 Å². The van der Waals surface area contributed by atoms with E-state index < -0.39 is 0 Å². The van der Waals surface area contributed by atoms with E-state index >= 15 is 0 Å². The van der Waals surface area contributed by atoms with Crippen molar-refractivity contribution in [2.24, 2.45) is 0 Å². The lowest BCUT2D eigenvalue weighted by Crippen LogP contribution is -2.47. The first-order chi connectivity index (χ1) is 14.5. The number of ether oxygens (including phenoxy) is 2. The third-order valence-corrected chi connectivity index (χ3v) is 5.87. The van der Waals surface area contributed by atoms with Crippen molar-refractivity contribution < 1.29 is 14.3 Å². The standard InChI is InChI=1S/C24H33N3O3/c1-6-9-27-18(2)14-21(19(27)3)22(28)17-26-12-10-25(11-13-26)16-20-7-8-23(29-4)24(15-20)30-5/h6-8,14-15H,1,9-13,16-17H2,2-5H3. The summed E-state index contributed by atoms with van der Waals surface area (Å²) in [6.45, 7) is 13.6. The van der Waals surface area contributed by atoms with Crippen LogP contribution in [0.3, 0.4) is 0 Å². The number of aromatic nitrogens is 1. The molecule has 6 heteroatoms. The van der Waals surface area contributed by atoms with Gasteiger partial charge in [0.25, 0.3) is 0 Å². The van der Waals surface area contributed by atoms with Crippen LogP contribution in [0.25, 0.3) is 0 Å². The second-order valence-electron chi connectivity index (χ2n) is 7.85. The number of ketones is 1. The van der Waals surface area contributed by atoms with Gasteiger partial charge in [0.05, 0.1) is 20.8 Å². The van der Waals surface area contributed by atoms with Gasteiger partial charge in [-0.2, -0.15) is 0 Å². The minimum atomic E-state index is 0.201. The van der Waals surface area contributed by atoms with Crippen LogP contribution in [0.15, 0.2) is 36.9 Å². The van der Waals surface area contributed by atoms with Gasteiger partial charge in [0.15, 0.2) is 17.3 Å². The van der Waals surface area contributed by atoms with Crippen molar-refractivity contribution in [2.75, 3.05) is 46.9 Å². The topological polar surface area (TPSA) is 46.9 Å². The van der Waals surface area contributed by atoms with Crippen LogP contribution in [-0.4, -0.2) is 67.1 Å². The summed E-state index contributed by atoms with van der Waals surface area (Å²) in [6, 6.07) is 8.07. The molecule has 1 saturated heterocycles. The molecule has 1 fully saturated rings. The number of Topliss-reactive ketones (excluding diaryl/α,β-unsaturated/α-hetero) is 1. The minimum Gasteiger partial charge on any atom is -0.493 e. The average molecular weight is 412 g/mol. The monoisotopic (exact) mass is 411 g/mol. The Labute approximate surface area is 179 Å². The first kappa shape index (κ1) is 22.1. The molecule has 0 atom stereocenters. The molecule has 0 aliphatic carbocycles. The van der Waals surface area contributed by atoms with Gasteiger partial charge < -0.3 is 14.0 Å². The van der Waals surface area contributed by atoms with Gasteiger partial charge in [0.2, 0.25) is 0 Å². The van der Waals surface area contributed by atoms with Crippen molar-refractivity contribution in [2.45, 2.75) is 26.9 Å². The lowest BCUT2D eigenvalue weighted by atomic mass is 10.1. The Kier molecular flexibility index (Phi) is 7.34. The maximum absolute atomic E-state index is 12.9. The number of hydrogen-bond donors (Lipinski definition) is 0. The van der Waals surface area contributed by atoms with Gasteiger partial charge in [-0.3, -0.25) is 14.6 Å². The number of carbonyl (C=O) groups excluding carboxylic acids is 1. The van der Waals surface area contributed by atoms with E-state index in [0.717, 1.165) is 67.7 Å². The summed E-state index contributed by atoms with van der Waals surface area (Å²) in [5, 5.41) is 0. The van der Waals surface area contributed by atoms with E-state index in [2.05, 4.69) is 27.0 Å². The van der Waals surface area contributed by atoms with Crippen LogP contribution in [0.5, 0.6) is 11.5 Å². The normalized spacial score (nSPS) is 15.2. The summed E-state index contributed by atoms with van der Waals surface area (Å²) < 4.78 is 12.9. The molecule has 0 radical (unpaired) electrons.